The lowest BCUT2D eigenvalue weighted by Gasteiger charge is -2.32. The first kappa shape index (κ1) is 23.7. The van der Waals surface area contributed by atoms with E-state index in [1.807, 2.05) is 24.3 Å². The van der Waals surface area contributed by atoms with Crippen LogP contribution in [-0.2, 0) is 24.5 Å². The van der Waals surface area contributed by atoms with Crippen molar-refractivity contribution in [2.45, 2.75) is 46.0 Å². The number of likely N-dealkylation sites (tertiary alicyclic amines) is 1. The highest BCUT2D eigenvalue weighted by atomic mass is 16.5. The van der Waals surface area contributed by atoms with E-state index < -0.39 is 0 Å². The van der Waals surface area contributed by atoms with Gasteiger partial charge in [-0.1, -0.05) is 39.0 Å². The van der Waals surface area contributed by atoms with E-state index in [-0.39, 0.29) is 42.3 Å². The van der Waals surface area contributed by atoms with Crippen LogP contribution in [0.25, 0.3) is 0 Å². The number of nitrogens with zero attached hydrogens (tertiary/aromatic N) is 2. The molecule has 2 amide bonds. The van der Waals surface area contributed by atoms with E-state index in [0.29, 0.717) is 25.4 Å². The largest absolute Gasteiger partial charge is 0.483 e. The summed E-state index contributed by atoms with van der Waals surface area (Å²) in [5.41, 5.74) is 0.917. The Balaban J connectivity index is 1.88. The van der Waals surface area contributed by atoms with Crippen LogP contribution >= 0.6 is 0 Å². The zero-order chi connectivity index (χ0) is 22.3. The average molecular weight is 419 g/mol. The summed E-state index contributed by atoms with van der Waals surface area (Å²) in [4.78, 5) is 40.1. The molecule has 0 saturated carbocycles. The Bertz CT molecular complexity index is 756. The second-order valence-electron chi connectivity index (χ2n) is 8.72. The molecule has 2 rings (SSSR count). The van der Waals surface area contributed by atoms with Crippen LogP contribution in [0.4, 0.5) is 0 Å². The molecule has 0 spiro atoms. The van der Waals surface area contributed by atoms with Crippen molar-refractivity contribution in [1.82, 2.24) is 9.80 Å². The van der Waals surface area contributed by atoms with Crippen LogP contribution in [0, 0.1) is 5.92 Å². The van der Waals surface area contributed by atoms with E-state index in [1.165, 1.54) is 4.90 Å². The van der Waals surface area contributed by atoms with E-state index in [2.05, 4.69) is 20.8 Å². The van der Waals surface area contributed by atoms with Crippen molar-refractivity contribution in [3.8, 4) is 5.75 Å². The molecule has 1 saturated heterocycles. The Morgan fingerprint density at radius 2 is 1.90 bits per heavy atom. The third kappa shape index (κ3) is 6.47. The first-order valence-corrected chi connectivity index (χ1v) is 10.5. The lowest BCUT2D eigenvalue weighted by molar-refractivity contribution is -0.152. The molecule has 7 heteroatoms. The van der Waals surface area contributed by atoms with E-state index >= 15 is 0 Å². The van der Waals surface area contributed by atoms with Crippen molar-refractivity contribution >= 4 is 17.8 Å². The fraction of sp³-hybridized carbons (Fsp3) is 0.609. The first-order chi connectivity index (χ1) is 14.1. The summed E-state index contributed by atoms with van der Waals surface area (Å²) in [7, 11) is 1.59. The molecule has 1 fully saturated rings. The number of ether oxygens (including phenoxy) is 2. The highest BCUT2D eigenvalue weighted by Gasteiger charge is 2.30. The van der Waals surface area contributed by atoms with Gasteiger partial charge in [-0.05, 0) is 36.8 Å². The van der Waals surface area contributed by atoms with Gasteiger partial charge >= 0.3 is 5.97 Å². The number of hydrogen-bond donors (Lipinski definition) is 0. The molecule has 0 radical (unpaired) electrons. The molecule has 166 valence electrons. The molecule has 1 heterocycles. The highest BCUT2D eigenvalue weighted by Crippen LogP contribution is 2.30. The third-order valence-corrected chi connectivity index (χ3v) is 5.24. The van der Waals surface area contributed by atoms with Crippen LogP contribution in [0.2, 0.25) is 0 Å². The summed E-state index contributed by atoms with van der Waals surface area (Å²) in [6.07, 6.45) is 1.47. The molecule has 0 aliphatic carbocycles. The number of carbonyl (C=O) groups excluding carboxylic acids is 3. The summed E-state index contributed by atoms with van der Waals surface area (Å²) >= 11 is 0. The second kappa shape index (κ2) is 10.5. The topological polar surface area (TPSA) is 76.2 Å². The molecule has 1 aromatic carbocycles. The molecule has 1 unspecified atom stereocenters. The maximum Gasteiger partial charge on any atom is 0.310 e. The normalized spacial score (nSPS) is 16.7. The van der Waals surface area contributed by atoms with Crippen LogP contribution < -0.4 is 4.74 Å². The number of likely N-dealkylation sites (N-methyl/N-ethyl adjacent to an activating group) is 1. The fourth-order valence-electron chi connectivity index (χ4n) is 3.51. The number of rotatable bonds is 7. The predicted molar refractivity (Wildman–Crippen MR) is 114 cm³/mol. The predicted octanol–water partition coefficient (Wildman–Crippen LogP) is 2.62. The Hall–Kier alpha value is -2.57. The van der Waals surface area contributed by atoms with Crippen molar-refractivity contribution < 1.29 is 23.9 Å². The van der Waals surface area contributed by atoms with Crippen molar-refractivity contribution in [3.05, 3.63) is 29.8 Å². The average Bonchev–Trinajstić information content (AvgIpc) is 2.71. The van der Waals surface area contributed by atoms with Gasteiger partial charge in [0.2, 0.25) is 5.91 Å². The zero-order valence-corrected chi connectivity index (χ0v) is 18.8. The Morgan fingerprint density at radius 1 is 1.20 bits per heavy atom. The van der Waals surface area contributed by atoms with Crippen LogP contribution in [0.5, 0.6) is 5.75 Å². The summed E-state index contributed by atoms with van der Waals surface area (Å²) in [6.45, 7) is 9.12. The van der Waals surface area contributed by atoms with Gasteiger partial charge in [0.05, 0.1) is 19.1 Å². The minimum atomic E-state index is -0.291. The van der Waals surface area contributed by atoms with Crippen molar-refractivity contribution in [2.24, 2.45) is 5.92 Å². The number of piperidine rings is 1. The van der Waals surface area contributed by atoms with Crippen molar-refractivity contribution in [2.75, 3.05) is 39.9 Å². The minimum absolute atomic E-state index is 0.0430. The molecule has 7 nitrogen and oxygen atoms in total. The minimum Gasteiger partial charge on any atom is -0.483 e. The number of para-hydroxylation sites is 1. The summed E-state index contributed by atoms with van der Waals surface area (Å²) < 4.78 is 10.8. The Labute approximate surface area is 179 Å². The van der Waals surface area contributed by atoms with Gasteiger partial charge < -0.3 is 19.3 Å². The van der Waals surface area contributed by atoms with Gasteiger partial charge in [-0.25, -0.2) is 0 Å². The molecule has 30 heavy (non-hydrogen) atoms. The van der Waals surface area contributed by atoms with Gasteiger partial charge in [0.25, 0.3) is 5.91 Å². The first-order valence-electron chi connectivity index (χ1n) is 10.5. The molecular formula is C23H34N2O5. The van der Waals surface area contributed by atoms with Gasteiger partial charge in [0, 0.05) is 20.1 Å². The highest BCUT2D eigenvalue weighted by molar-refractivity contribution is 5.86. The van der Waals surface area contributed by atoms with Gasteiger partial charge in [0.15, 0.2) is 6.61 Å². The van der Waals surface area contributed by atoms with Crippen LogP contribution in [0.1, 0.15) is 46.1 Å². The quantitative estimate of drug-likeness (QED) is 0.636. The van der Waals surface area contributed by atoms with Gasteiger partial charge in [-0.2, -0.15) is 0 Å². The van der Waals surface area contributed by atoms with Crippen LogP contribution in [0.15, 0.2) is 24.3 Å². The molecule has 0 bridgehead atoms. The molecule has 1 aliphatic heterocycles. The smallest absolute Gasteiger partial charge is 0.310 e. The molecular weight excluding hydrogens is 384 g/mol. The number of amides is 2. The summed E-state index contributed by atoms with van der Waals surface area (Å²) in [5.74, 6) is -0.321. The maximum absolute atomic E-state index is 12.6. The molecule has 0 aromatic heterocycles. The SMILES string of the molecule is CCOC(=O)C1CCCN(C(=O)CN(C)C(=O)COc2ccccc2C(C)(C)C)C1. The number of benzene rings is 1. The van der Waals surface area contributed by atoms with Gasteiger partial charge in [0.1, 0.15) is 5.75 Å². The van der Waals surface area contributed by atoms with E-state index in [4.69, 9.17) is 9.47 Å². The second-order valence-corrected chi connectivity index (χ2v) is 8.72. The number of carbonyl (C=O) groups is 3. The zero-order valence-electron chi connectivity index (χ0n) is 18.8. The van der Waals surface area contributed by atoms with Crippen LogP contribution in [-0.4, -0.2) is 67.5 Å². The van der Waals surface area contributed by atoms with Crippen molar-refractivity contribution in [1.29, 1.82) is 0 Å². The Kier molecular flexibility index (Phi) is 8.26. The monoisotopic (exact) mass is 418 g/mol. The fourth-order valence-corrected chi connectivity index (χ4v) is 3.51. The standard InChI is InChI=1S/C23H34N2O5/c1-6-29-22(28)17-10-9-13-25(14-17)20(26)15-24(5)21(27)16-30-19-12-8-7-11-18(19)23(2,3)4/h7-8,11-12,17H,6,9-10,13-16H2,1-5H3. The van der Waals surface area contributed by atoms with Crippen LogP contribution in [0.3, 0.4) is 0 Å². The van der Waals surface area contributed by atoms with Gasteiger partial charge in [-0.3, -0.25) is 14.4 Å². The third-order valence-electron chi connectivity index (χ3n) is 5.24. The molecule has 0 N–H and O–H groups in total. The van der Waals surface area contributed by atoms with E-state index in [1.54, 1.807) is 18.9 Å². The number of hydrogen-bond acceptors (Lipinski definition) is 5. The maximum atomic E-state index is 12.6. The molecule has 1 aliphatic rings. The van der Waals surface area contributed by atoms with Gasteiger partial charge in [-0.15, -0.1) is 0 Å². The molecule has 1 aromatic rings. The lowest BCUT2D eigenvalue weighted by Crippen LogP contribution is -2.47. The lowest BCUT2D eigenvalue weighted by atomic mass is 9.86. The van der Waals surface area contributed by atoms with Crippen molar-refractivity contribution in [3.63, 3.8) is 0 Å². The summed E-state index contributed by atoms with van der Waals surface area (Å²) in [6, 6.07) is 7.66. The summed E-state index contributed by atoms with van der Waals surface area (Å²) in [5, 5.41) is 0. The number of esters is 1. The van der Waals surface area contributed by atoms with E-state index in [0.717, 1.165) is 18.4 Å². The Morgan fingerprint density at radius 3 is 2.57 bits per heavy atom. The van der Waals surface area contributed by atoms with E-state index in [9.17, 15) is 14.4 Å². The molecule has 1 atom stereocenters.